The number of halogens is 1. The van der Waals surface area contributed by atoms with E-state index in [0.717, 1.165) is 29.4 Å². The smallest absolute Gasteiger partial charge is 0.239 e. The summed E-state index contributed by atoms with van der Waals surface area (Å²) in [6.07, 6.45) is 7.92. The Labute approximate surface area is 163 Å². The standard InChI is InChI=1S/C20H27BrN2O3/c21-15-6-4-7-16(14-15)23-12-10-18(20(23)25)19(24)22-11-5-13-26-17-8-2-1-3-9-17/h4,6-7,14,17-18H,1-3,5,8-13H2,(H,22,24). The Balaban J connectivity index is 1.39. The van der Waals surface area contributed by atoms with E-state index >= 15 is 0 Å². The molecule has 2 amide bonds. The van der Waals surface area contributed by atoms with Crippen LogP contribution >= 0.6 is 15.9 Å². The van der Waals surface area contributed by atoms with Gasteiger partial charge in [0.1, 0.15) is 5.92 Å². The third kappa shape index (κ3) is 5.07. The number of hydrogen-bond acceptors (Lipinski definition) is 3. The second kappa shape index (κ2) is 9.51. The number of hydrogen-bond donors (Lipinski definition) is 1. The molecule has 0 aromatic heterocycles. The van der Waals surface area contributed by atoms with E-state index in [2.05, 4.69) is 21.2 Å². The SMILES string of the molecule is O=C(NCCCOC1CCCCC1)C1CCN(c2cccc(Br)c2)C1=O. The van der Waals surface area contributed by atoms with Crippen LogP contribution in [0.4, 0.5) is 5.69 Å². The van der Waals surface area contributed by atoms with E-state index in [1.54, 1.807) is 4.90 Å². The lowest BCUT2D eigenvalue weighted by Gasteiger charge is -2.22. The van der Waals surface area contributed by atoms with Crippen LogP contribution in [0.3, 0.4) is 0 Å². The number of carbonyl (C=O) groups is 2. The van der Waals surface area contributed by atoms with Crippen LogP contribution in [0.2, 0.25) is 0 Å². The van der Waals surface area contributed by atoms with Gasteiger partial charge < -0.3 is 15.0 Å². The van der Waals surface area contributed by atoms with Crippen LogP contribution in [0.15, 0.2) is 28.7 Å². The summed E-state index contributed by atoms with van der Waals surface area (Å²) in [5, 5.41) is 2.90. The van der Waals surface area contributed by atoms with Crippen molar-refractivity contribution in [2.24, 2.45) is 5.92 Å². The zero-order valence-electron chi connectivity index (χ0n) is 15.1. The number of ether oxygens (including phenoxy) is 1. The Hall–Kier alpha value is -1.40. The number of nitrogens with zero attached hydrogens (tertiary/aromatic N) is 1. The Morgan fingerprint density at radius 3 is 2.81 bits per heavy atom. The summed E-state index contributed by atoms with van der Waals surface area (Å²) < 4.78 is 6.79. The summed E-state index contributed by atoms with van der Waals surface area (Å²) in [7, 11) is 0. The fraction of sp³-hybridized carbons (Fsp3) is 0.600. The van der Waals surface area contributed by atoms with Crippen LogP contribution in [0, 0.1) is 5.92 Å². The molecule has 1 saturated heterocycles. The molecule has 2 aliphatic rings. The second-order valence-corrected chi connectivity index (χ2v) is 8.00. The van der Waals surface area contributed by atoms with Gasteiger partial charge in [-0.3, -0.25) is 9.59 Å². The first-order valence-corrected chi connectivity index (χ1v) is 10.4. The van der Waals surface area contributed by atoms with E-state index in [1.165, 1.54) is 19.3 Å². The van der Waals surface area contributed by atoms with Crippen molar-refractivity contribution in [3.05, 3.63) is 28.7 Å². The number of benzene rings is 1. The van der Waals surface area contributed by atoms with Crippen molar-refractivity contribution >= 4 is 33.4 Å². The summed E-state index contributed by atoms with van der Waals surface area (Å²) in [5.41, 5.74) is 0.834. The molecule has 1 N–H and O–H groups in total. The molecule has 0 radical (unpaired) electrons. The number of nitrogens with one attached hydrogen (secondary N) is 1. The van der Waals surface area contributed by atoms with Crippen molar-refractivity contribution in [2.45, 2.75) is 51.0 Å². The van der Waals surface area contributed by atoms with Crippen LogP contribution in [0.25, 0.3) is 0 Å². The lowest BCUT2D eigenvalue weighted by molar-refractivity contribution is -0.132. The van der Waals surface area contributed by atoms with Crippen LogP contribution in [-0.2, 0) is 14.3 Å². The van der Waals surface area contributed by atoms with Crippen LogP contribution in [0.1, 0.15) is 44.9 Å². The number of anilines is 1. The normalized spacial score (nSPS) is 21.2. The Bertz CT molecular complexity index is 631. The predicted octanol–water partition coefficient (Wildman–Crippen LogP) is 3.66. The summed E-state index contributed by atoms with van der Waals surface area (Å²) in [6, 6.07) is 7.61. The van der Waals surface area contributed by atoms with E-state index in [-0.39, 0.29) is 11.8 Å². The fourth-order valence-electron chi connectivity index (χ4n) is 3.71. The molecule has 1 unspecified atom stereocenters. The third-order valence-corrected chi connectivity index (χ3v) is 5.66. The van der Waals surface area contributed by atoms with Gasteiger partial charge in [0.05, 0.1) is 6.10 Å². The van der Waals surface area contributed by atoms with Crippen molar-refractivity contribution in [1.29, 1.82) is 0 Å². The first-order valence-electron chi connectivity index (χ1n) is 9.61. The van der Waals surface area contributed by atoms with Crippen molar-refractivity contribution in [3.8, 4) is 0 Å². The zero-order chi connectivity index (χ0) is 18.4. The predicted molar refractivity (Wildman–Crippen MR) is 105 cm³/mol. The monoisotopic (exact) mass is 422 g/mol. The van der Waals surface area contributed by atoms with Gasteiger partial charge in [-0.2, -0.15) is 0 Å². The van der Waals surface area contributed by atoms with Crippen LogP contribution in [-0.4, -0.2) is 37.6 Å². The molecule has 1 atom stereocenters. The van der Waals surface area contributed by atoms with Crippen molar-refractivity contribution in [3.63, 3.8) is 0 Å². The third-order valence-electron chi connectivity index (χ3n) is 5.17. The molecule has 1 heterocycles. The van der Waals surface area contributed by atoms with Crippen LogP contribution in [0.5, 0.6) is 0 Å². The zero-order valence-corrected chi connectivity index (χ0v) is 16.7. The van der Waals surface area contributed by atoms with Gasteiger partial charge in [-0.15, -0.1) is 0 Å². The minimum absolute atomic E-state index is 0.112. The molecule has 1 aromatic rings. The van der Waals surface area contributed by atoms with Gasteiger partial charge in [0.25, 0.3) is 0 Å². The highest BCUT2D eigenvalue weighted by atomic mass is 79.9. The molecule has 1 aliphatic heterocycles. The van der Waals surface area contributed by atoms with Crippen molar-refractivity contribution < 1.29 is 14.3 Å². The quantitative estimate of drug-likeness (QED) is 0.538. The van der Waals surface area contributed by atoms with E-state index < -0.39 is 5.92 Å². The molecule has 26 heavy (non-hydrogen) atoms. The highest BCUT2D eigenvalue weighted by Crippen LogP contribution is 2.27. The highest BCUT2D eigenvalue weighted by Gasteiger charge is 2.37. The molecule has 2 fully saturated rings. The van der Waals surface area contributed by atoms with Gasteiger partial charge in [-0.1, -0.05) is 41.3 Å². The van der Waals surface area contributed by atoms with Gasteiger partial charge in [-0.25, -0.2) is 0 Å². The summed E-state index contributed by atoms with van der Waals surface area (Å²) >= 11 is 3.42. The number of carbonyl (C=O) groups excluding carboxylic acids is 2. The van der Waals surface area contributed by atoms with Crippen LogP contribution < -0.4 is 10.2 Å². The molecule has 1 aromatic carbocycles. The van der Waals surface area contributed by atoms with Crippen molar-refractivity contribution in [1.82, 2.24) is 5.32 Å². The van der Waals surface area contributed by atoms with Crippen molar-refractivity contribution in [2.75, 3.05) is 24.6 Å². The molecule has 3 rings (SSSR count). The van der Waals surface area contributed by atoms with Gasteiger partial charge in [0, 0.05) is 29.9 Å². The first kappa shape index (κ1) is 19.4. The summed E-state index contributed by atoms with van der Waals surface area (Å²) in [4.78, 5) is 26.6. The van der Waals surface area contributed by atoms with E-state index in [1.807, 2.05) is 24.3 Å². The summed E-state index contributed by atoms with van der Waals surface area (Å²) in [6.45, 7) is 1.82. The number of rotatable bonds is 7. The lowest BCUT2D eigenvalue weighted by Crippen LogP contribution is -2.37. The molecule has 5 nitrogen and oxygen atoms in total. The average Bonchev–Trinajstić information content (AvgIpc) is 3.04. The van der Waals surface area contributed by atoms with E-state index in [9.17, 15) is 9.59 Å². The average molecular weight is 423 g/mol. The topological polar surface area (TPSA) is 58.6 Å². The fourth-order valence-corrected chi connectivity index (χ4v) is 4.10. The molecule has 1 aliphatic carbocycles. The van der Waals surface area contributed by atoms with Gasteiger partial charge in [-0.05, 0) is 43.9 Å². The minimum Gasteiger partial charge on any atom is -0.378 e. The largest absolute Gasteiger partial charge is 0.378 e. The maximum absolute atomic E-state index is 12.6. The van der Waals surface area contributed by atoms with E-state index in [4.69, 9.17) is 4.74 Å². The van der Waals surface area contributed by atoms with E-state index in [0.29, 0.717) is 32.2 Å². The molecular formula is C20H27BrN2O3. The molecular weight excluding hydrogens is 396 g/mol. The second-order valence-electron chi connectivity index (χ2n) is 7.09. The molecule has 6 heteroatoms. The Kier molecular flexibility index (Phi) is 7.08. The Morgan fingerprint density at radius 2 is 2.04 bits per heavy atom. The molecule has 1 saturated carbocycles. The molecule has 0 spiro atoms. The lowest BCUT2D eigenvalue weighted by atomic mass is 9.98. The maximum atomic E-state index is 12.6. The Morgan fingerprint density at radius 1 is 1.23 bits per heavy atom. The highest BCUT2D eigenvalue weighted by molar-refractivity contribution is 9.10. The number of amides is 2. The maximum Gasteiger partial charge on any atom is 0.239 e. The van der Waals surface area contributed by atoms with Gasteiger partial charge in [0.2, 0.25) is 11.8 Å². The molecule has 142 valence electrons. The molecule has 0 bridgehead atoms. The first-order chi connectivity index (χ1) is 12.6. The van der Waals surface area contributed by atoms with Gasteiger partial charge >= 0.3 is 0 Å². The van der Waals surface area contributed by atoms with Gasteiger partial charge in [0.15, 0.2) is 0 Å². The minimum atomic E-state index is -0.576. The summed E-state index contributed by atoms with van der Waals surface area (Å²) in [5.74, 6) is -0.850.